The van der Waals surface area contributed by atoms with Crippen LogP contribution in [0.4, 0.5) is 0 Å². The molecule has 1 aromatic heterocycles. The van der Waals surface area contributed by atoms with E-state index in [0.29, 0.717) is 11.1 Å². The lowest BCUT2D eigenvalue weighted by Crippen LogP contribution is -2.39. The fourth-order valence-corrected chi connectivity index (χ4v) is 1.78. The topological polar surface area (TPSA) is 112 Å². The van der Waals surface area contributed by atoms with Crippen LogP contribution >= 0.6 is 0 Å². The molecule has 3 N–H and O–H groups in total. The van der Waals surface area contributed by atoms with Crippen molar-refractivity contribution in [3.63, 3.8) is 0 Å². The van der Waals surface area contributed by atoms with Gasteiger partial charge in [0.1, 0.15) is 12.6 Å². The number of esters is 1. The summed E-state index contributed by atoms with van der Waals surface area (Å²) in [6.45, 7) is 1.54. The van der Waals surface area contributed by atoms with Crippen LogP contribution in [0.25, 0.3) is 0 Å². The Hall–Kier alpha value is -3.09. The highest BCUT2D eigenvalue weighted by molar-refractivity contribution is 5.94. The number of carbonyl (C=O) groups is 3. The molecule has 1 aromatic carbocycles. The van der Waals surface area contributed by atoms with Crippen molar-refractivity contribution in [2.75, 3.05) is 0 Å². The van der Waals surface area contributed by atoms with Crippen LogP contribution in [-0.2, 0) is 16.1 Å². The summed E-state index contributed by atoms with van der Waals surface area (Å²) in [4.78, 5) is 34.6. The van der Waals surface area contributed by atoms with Gasteiger partial charge in [0, 0.05) is 5.56 Å². The molecule has 23 heavy (non-hydrogen) atoms. The maximum atomic E-state index is 11.9. The lowest BCUT2D eigenvalue weighted by Gasteiger charge is -2.12. The number of hydrogen-bond acceptors (Lipinski definition) is 5. The first-order valence-corrected chi connectivity index (χ1v) is 6.87. The van der Waals surface area contributed by atoms with Crippen LogP contribution in [0.15, 0.2) is 47.1 Å². The van der Waals surface area contributed by atoms with Gasteiger partial charge in [0.25, 0.3) is 5.91 Å². The number of hydrogen-bond donors (Lipinski definition) is 2. The summed E-state index contributed by atoms with van der Waals surface area (Å²) in [6, 6.07) is 8.62. The van der Waals surface area contributed by atoms with Gasteiger partial charge in [-0.2, -0.15) is 0 Å². The smallest absolute Gasteiger partial charge is 0.328 e. The zero-order chi connectivity index (χ0) is 16.8. The van der Waals surface area contributed by atoms with Crippen molar-refractivity contribution in [2.24, 2.45) is 5.73 Å². The van der Waals surface area contributed by atoms with Crippen LogP contribution in [0.5, 0.6) is 0 Å². The van der Waals surface area contributed by atoms with E-state index >= 15 is 0 Å². The fraction of sp³-hybridized carbons (Fsp3) is 0.188. The Balaban J connectivity index is 1.84. The second-order valence-corrected chi connectivity index (χ2v) is 4.84. The quantitative estimate of drug-likeness (QED) is 0.779. The average molecular weight is 316 g/mol. The van der Waals surface area contributed by atoms with Crippen LogP contribution in [0.3, 0.4) is 0 Å². The highest BCUT2D eigenvalue weighted by Crippen LogP contribution is 2.06. The molecule has 7 heteroatoms. The highest BCUT2D eigenvalue weighted by Gasteiger charge is 2.19. The molecule has 1 atom stereocenters. The van der Waals surface area contributed by atoms with E-state index in [2.05, 4.69) is 5.32 Å². The lowest BCUT2D eigenvalue weighted by molar-refractivity contribution is -0.146. The van der Waals surface area contributed by atoms with Crippen LogP contribution < -0.4 is 11.1 Å². The van der Waals surface area contributed by atoms with Crippen molar-refractivity contribution >= 4 is 17.8 Å². The number of rotatable bonds is 6. The van der Waals surface area contributed by atoms with Gasteiger partial charge in [-0.1, -0.05) is 12.1 Å². The van der Waals surface area contributed by atoms with Crippen molar-refractivity contribution in [3.05, 3.63) is 59.5 Å². The van der Waals surface area contributed by atoms with Crippen molar-refractivity contribution in [3.8, 4) is 0 Å². The number of ether oxygens (including phenoxy) is 1. The zero-order valence-corrected chi connectivity index (χ0v) is 12.4. The molecule has 7 nitrogen and oxygen atoms in total. The van der Waals surface area contributed by atoms with E-state index in [1.165, 1.54) is 19.3 Å². The molecular formula is C16H16N2O5. The van der Waals surface area contributed by atoms with Crippen molar-refractivity contribution in [1.82, 2.24) is 5.32 Å². The third-order valence-electron chi connectivity index (χ3n) is 3.07. The van der Waals surface area contributed by atoms with Gasteiger partial charge in [-0.25, -0.2) is 4.79 Å². The fourth-order valence-electron chi connectivity index (χ4n) is 1.78. The van der Waals surface area contributed by atoms with E-state index in [1.54, 1.807) is 30.3 Å². The number of benzene rings is 1. The molecule has 0 bridgehead atoms. The van der Waals surface area contributed by atoms with Gasteiger partial charge < -0.3 is 20.2 Å². The molecule has 0 aliphatic rings. The Morgan fingerprint density at radius 2 is 1.91 bits per heavy atom. The molecule has 2 amide bonds. The zero-order valence-electron chi connectivity index (χ0n) is 12.4. The number of primary amides is 1. The summed E-state index contributed by atoms with van der Waals surface area (Å²) in [5, 5.41) is 2.47. The maximum Gasteiger partial charge on any atom is 0.328 e. The molecule has 0 fully saturated rings. The Bertz CT molecular complexity index is 692. The van der Waals surface area contributed by atoms with E-state index in [-0.39, 0.29) is 12.4 Å². The molecule has 0 aliphatic carbocycles. The summed E-state index contributed by atoms with van der Waals surface area (Å²) < 4.78 is 10.0. The summed E-state index contributed by atoms with van der Waals surface area (Å²) in [5.41, 5.74) is 6.22. The Labute approximate surface area is 132 Å². The molecule has 120 valence electrons. The first-order chi connectivity index (χ1) is 11.0. The summed E-state index contributed by atoms with van der Waals surface area (Å²) in [7, 11) is 0. The molecule has 0 radical (unpaired) electrons. The number of furan rings is 1. The molecule has 0 spiro atoms. The monoisotopic (exact) mass is 316 g/mol. The Kier molecular flexibility index (Phi) is 5.14. The van der Waals surface area contributed by atoms with Crippen molar-refractivity contribution in [1.29, 1.82) is 0 Å². The van der Waals surface area contributed by atoms with E-state index < -0.39 is 23.8 Å². The summed E-state index contributed by atoms with van der Waals surface area (Å²) in [5.74, 6) is -1.48. The van der Waals surface area contributed by atoms with Crippen molar-refractivity contribution in [2.45, 2.75) is 19.6 Å². The predicted octanol–water partition coefficient (Wildman–Crippen LogP) is 1.24. The summed E-state index contributed by atoms with van der Waals surface area (Å²) in [6.07, 6.45) is 1.37. The van der Waals surface area contributed by atoms with E-state index in [1.807, 2.05) is 0 Å². The van der Waals surface area contributed by atoms with Crippen LogP contribution in [0.2, 0.25) is 0 Å². The maximum absolute atomic E-state index is 11.9. The van der Waals surface area contributed by atoms with Crippen LogP contribution in [0, 0.1) is 0 Å². The second-order valence-electron chi connectivity index (χ2n) is 4.84. The minimum atomic E-state index is -0.822. The number of nitrogens with one attached hydrogen (secondary N) is 1. The number of carbonyl (C=O) groups excluding carboxylic acids is 3. The SMILES string of the molecule is C[C@H](NC(=O)c1ccco1)C(=O)OCc1ccc(C(N)=O)cc1. The first kappa shape index (κ1) is 16.3. The lowest BCUT2D eigenvalue weighted by atomic mass is 10.1. The van der Waals surface area contributed by atoms with Gasteiger partial charge in [0.05, 0.1) is 6.26 Å². The first-order valence-electron chi connectivity index (χ1n) is 6.87. The average Bonchev–Trinajstić information content (AvgIpc) is 3.07. The largest absolute Gasteiger partial charge is 0.459 e. The Morgan fingerprint density at radius 3 is 2.48 bits per heavy atom. The molecule has 0 unspecified atom stereocenters. The van der Waals surface area contributed by atoms with E-state index in [9.17, 15) is 14.4 Å². The highest BCUT2D eigenvalue weighted by atomic mass is 16.5. The minimum absolute atomic E-state index is 0.0266. The molecule has 2 aromatic rings. The van der Waals surface area contributed by atoms with E-state index in [4.69, 9.17) is 14.9 Å². The second kappa shape index (κ2) is 7.26. The number of nitrogens with two attached hydrogens (primary N) is 1. The third kappa shape index (κ3) is 4.44. The van der Waals surface area contributed by atoms with E-state index in [0.717, 1.165) is 0 Å². The van der Waals surface area contributed by atoms with Gasteiger partial charge in [0.2, 0.25) is 5.91 Å². The number of amides is 2. The predicted molar refractivity (Wildman–Crippen MR) is 80.4 cm³/mol. The standard InChI is InChI=1S/C16H16N2O5/c1-10(18-15(20)13-3-2-8-22-13)16(21)23-9-11-4-6-12(7-5-11)14(17)19/h2-8,10H,9H2,1H3,(H2,17,19)(H,18,20)/t10-/m0/s1. The molecule has 0 saturated heterocycles. The van der Waals surface area contributed by atoms with Gasteiger partial charge >= 0.3 is 5.97 Å². The Morgan fingerprint density at radius 1 is 1.22 bits per heavy atom. The van der Waals surface area contributed by atoms with Gasteiger partial charge in [-0.3, -0.25) is 9.59 Å². The minimum Gasteiger partial charge on any atom is -0.459 e. The summed E-state index contributed by atoms with van der Waals surface area (Å²) >= 11 is 0. The third-order valence-corrected chi connectivity index (χ3v) is 3.07. The molecule has 1 heterocycles. The molecule has 0 aliphatic heterocycles. The van der Waals surface area contributed by atoms with Crippen molar-refractivity contribution < 1.29 is 23.5 Å². The molecular weight excluding hydrogens is 300 g/mol. The van der Waals surface area contributed by atoms with Gasteiger partial charge in [-0.15, -0.1) is 0 Å². The van der Waals surface area contributed by atoms with Crippen LogP contribution in [-0.4, -0.2) is 23.8 Å². The van der Waals surface area contributed by atoms with Gasteiger partial charge in [0.15, 0.2) is 5.76 Å². The van der Waals surface area contributed by atoms with Gasteiger partial charge in [-0.05, 0) is 36.8 Å². The molecule has 2 rings (SSSR count). The molecule has 0 saturated carbocycles. The van der Waals surface area contributed by atoms with Crippen LogP contribution in [0.1, 0.15) is 33.4 Å². The normalized spacial score (nSPS) is 11.5.